The first-order chi connectivity index (χ1) is 8.04. The van der Waals surface area contributed by atoms with Crippen LogP contribution in [0.5, 0.6) is 0 Å². The summed E-state index contributed by atoms with van der Waals surface area (Å²) in [6.07, 6.45) is 2.58. The van der Waals surface area contributed by atoms with Crippen LogP contribution < -0.4 is 11.1 Å². The number of amides is 2. The van der Waals surface area contributed by atoms with E-state index >= 15 is 0 Å². The van der Waals surface area contributed by atoms with Crippen LogP contribution in [0.15, 0.2) is 0 Å². The Kier molecular flexibility index (Phi) is 5.41. The van der Waals surface area contributed by atoms with Crippen molar-refractivity contribution in [1.29, 1.82) is 0 Å². The third kappa shape index (κ3) is 4.34. The second-order valence-corrected chi connectivity index (χ2v) is 4.72. The zero-order chi connectivity index (χ0) is 12.8. The zero-order valence-corrected chi connectivity index (χ0v) is 10.7. The van der Waals surface area contributed by atoms with Gasteiger partial charge in [-0.3, -0.25) is 9.59 Å². The van der Waals surface area contributed by atoms with E-state index in [-0.39, 0.29) is 17.9 Å². The van der Waals surface area contributed by atoms with E-state index in [0.29, 0.717) is 12.3 Å². The average molecular weight is 241 g/mol. The second kappa shape index (κ2) is 6.59. The van der Waals surface area contributed by atoms with Crippen molar-refractivity contribution in [2.24, 2.45) is 11.7 Å². The highest BCUT2D eigenvalue weighted by molar-refractivity contribution is 5.81. The Bertz CT molecular complexity index is 273. The van der Waals surface area contributed by atoms with E-state index in [4.69, 9.17) is 5.73 Å². The van der Waals surface area contributed by atoms with Gasteiger partial charge in [0.2, 0.25) is 11.8 Å². The van der Waals surface area contributed by atoms with E-state index in [1.165, 1.54) is 6.92 Å². The Balaban J connectivity index is 2.30. The van der Waals surface area contributed by atoms with E-state index < -0.39 is 0 Å². The molecule has 0 aliphatic carbocycles. The zero-order valence-electron chi connectivity index (χ0n) is 10.7. The number of rotatable bonds is 4. The molecule has 1 atom stereocenters. The van der Waals surface area contributed by atoms with Gasteiger partial charge in [0.1, 0.15) is 0 Å². The molecule has 1 aliphatic rings. The fraction of sp³-hybridized carbons (Fsp3) is 0.833. The van der Waals surface area contributed by atoms with E-state index in [1.807, 2.05) is 11.8 Å². The number of carbonyl (C=O) groups is 2. The molecule has 0 spiro atoms. The first-order valence-corrected chi connectivity index (χ1v) is 6.33. The van der Waals surface area contributed by atoms with Crippen LogP contribution in [0.3, 0.4) is 0 Å². The maximum atomic E-state index is 11.8. The SMILES string of the molecule is CC[C@H](N)C(=O)N1CCC(CNC(C)=O)CC1. The molecule has 3 N–H and O–H groups in total. The summed E-state index contributed by atoms with van der Waals surface area (Å²) in [4.78, 5) is 24.5. The monoisotopic (exact) mass is 241 g/mol. The molecule has 1 fully saturated rings. The third-order valence-corrected chi connectivity index (χ3v) is 3.32. The molecule has 0 bridgehead atoms. The van der Waals surface area contributed by atoms with Crippen molar-refractivity contribution in [2.45, 2.75) is 39.2 Å². The van der Waals surface area contributed by atoms with Crippen molar-refractivity contribution in [1.82, 2.24) is 10.2 Å². The van der Waals surface area contributed by atoms with Crippen molar-refractivity contribution < 1.29 is 9.59 Å². The first-order valence-electron chi connectivity index (χ1n) is 6.33. The van der Waals surface area contributed by atoms with Gasteiger partial charge in [0.25, 0.3) is 0 Å². The second-order valence-electron chi connectivity index (χ2n) is 4.72. The lowest BCUT2D eigenvalue weighted by atomic mass is 9.96. The molecule has 0 saturated carbocycles. The lowest BCUT2D eigenvalue weighted by Gasteiger charge is -2.33. The van der Waals surface area contributed by atoms with Gasteiger partial charge in [0.05, 0.1) is 6.04 Å². The highest BCUT2D eigenvalue weighted by Crippen LogP contribution is 2.17. The molecule has 0 aromatic heterocycles. The van der Waals surface area contributed by atoms with Crippen molar-refractivity contribution in [3.63, 3.8) is 0 Å². The number of nitrogens with two attached hydrogens (primary N) is 1. The van der Waals surface area contributed by atoms with Gasteiger partial charge in [0, 0.05) is 26.6 Å². The van der Waals surface area contributed by atoms with Gasteiger partial charge in [-0.1, -0.05) is 6.92 Å². The van der Waals surface area contributed by atoms with Crippen LogP contribution in [0.2, 0.25) is 0 Å². The minimum absolute atomic E-state index is 0.0107. The van der Waals surface area contributed by atoms with Crippen molar-refractivity contribution >= 4 is 11.8 Å². The van der Waals surface area contributed by atoms with Crippen LogP contribution in [-0.4, -0.2) is 42.4 Å². The van der Waals surface area contributed by atoms with Gasteiger partial charge >= 0.3 is 0 Å². The number of piperidine rings is 1. The summed E-state index contributed by atoms with van der Waals surface area (Å²) in [5, 5.41) is 2.83. The summed E-state index contributed by atoms with van der Waals surface area (Å²) in [7, 11) is 0. The largest absolute Gasteiger partial charge is 0.356 e. The summed E-state index contributed by atoms with van der Waals surface area (Å²) in [6, 6.07) is -0.359. The van der Waals surface area contributed by atoms with E-state index in [9.17, 15) is 9.59 Å². The fourth-order valence-corrected chi connectivity index (χ4v) is 2.05. The number of hydrogen-bond donors (Lipinski definition) is 2. The van der Waals surface area contributed by atoms with Crippen LogP contribution >= 0.6 is 0 Å². The molecule has 0 aromatic carbocycles. The number of hydrogen-bond acceptors (Lipinski definition) is 3. The average Bonchev–Trinajstić information content (AvgIpc) is 2.35. The summed E-state index contributed by atoms with van der Waals surface area (Å²) in [6.45, 7) is 5.69. The minimum Gasteiger partial charge on any atom is -0.356 e. The quantitative estimate of drug-likeness (QED) is 0.733. The minimum atomic E-state index is -0.359. The van der Waals surface area contributed by atoms with Crippen LogP contribution in [0.25, 0.3) is 0 Å². The molecule has 5 heteroatoms. The van der Waals surface area contributed by atoms with Crippen molar-refractivity contribution in [2.75, 3.05) is 19.6 Å². The van der Waals surface area contributed by atoms with Gasteiger partial charge in [-0.25, -0.2) is 0 Å². The molecular weight excluding hydrogens is 218 g/mol. The fourth-order valence-electron chi connectivity index (χ4n) is 2.05. The molecule has 17 heavy (non-hydrogen) atoms. The number of carbonyl (C=O) groups excluding carboxylic acids is 2. The molecule has 5 nitrogen and oxygen atoms in total. The highest BCUT2D eigenvalue weighted by atomic mass is 16.2. The molecule has 2 amide bonds. The Morgan fingerprint density at radius 1 is 1.41 bits per heavy atom. The van der Waals surface area contributed by atoms with Gasteiger partial charge in [-0.15, -0.1) is 0 Å². The summed E-state index contributed by atoms with van der Waals surface area (Å²) in [5.41, 5.74) is 5.73. The number of likely N-dealkylation sites (tertiary alicyclic amines) is 1. The van der Waals surface area contributed by atoms with Crippen LogP contribution in [-0.2, 0) is 9.59 Å². The Hall–Kier alpha value is -1.10. The van der Waals surface area contributed by atoms with Gasteiger partial charge in [-0.05, 0) is 25.2 Å². The van der Waals surface area contributed by atoms with Gasteiger partial charge in [-0.2, -0.15) is 0 Å². The molecule has 0 radical (unpaired) electrons. The lowest BCUT2D eigenvalue weighted by molar-refractivity contribution is -0.134. The molecular formula is C12H23N3O2. The smallest absolute Gasteiger partial charge is 0.239 e. The first kappa shape index (κ1) is 14.0. The van der Waals surface area contributed by atoms with E-state index in [1.54, 1.807) is 0 Å². The predicted octanol–water partition coefficient (Wildman–Crippen LogP) is 0.0984. The molecule has 1 aliphatic heterocycles. The van der Waals surface area contributed by atoms with E-state index in [0.717, 1.165) is 32.5 Å². The topological polar surface area (TPSA) is 75.4 Å². The molecule has 0 unspecified atom stereocenters. The Morgan fingerprint density at radius 3 is 2.47 bits per heavy atom. The molecule has 1 heterocycles. The maximum absolute atomic E-state index is 11.8. The van der Waals surface area contributed by atoms with Crippen LogP contribution in [0.4, 0.5) is 0 Å². The Morgan fingerprint density at radius 2 is 2.00 bits per heavy atom. The standard InChI is InChI=1S/C12H23N3O2/c1-3-11(13)12(17)15-6-4-10(5-7-15)8-14-9(2)16/h10-11H,3-8,13H2,1-2H3,(H,14,16)/t11-/m0/s1. The maximum Gasteiger partial charge on any atom is 0.239 e. The molecule has 1 rings (SSSR count). The van der Waals surface area contributed by atoms with Gasteiger partial charge < -0.3 is 16.0 Å². The van der Waals surface area contributed by atoms with Crippen LogP contribution in [0, 0.1) is 5.92 Å². The molecule has 1 saturated heterocycles. The summed E-state index contributed by atoms with van der Waals surface area (Å²) in [5.74, 6) is 0.558. The highest BCUT2D eigenvalue weighted by Gasteiger charge is 2.25. The summed E-state index contributed by atoms with van der Waals surface area (Å²) < 4.78 is 0. The normalized spacial score (nSPS) is 18.9. The lowest BCUT2D eigenvalue weighted by Crippen LogP contribution is -2.47. The summed E-state index contributed by atoms with van der Waals surface area (Å²) >= 11 is 0. The molecule has 0 aromatic rings. The van der Waals surface area contributed by atoms with Crippen molar-refractivity contribution in [3.05, 3.63) is 0 Å². The van der Waals surface area contributed by atoms with Gasteiger partial charge in [0.15, 0.2) is 0 Å². The number of nitrogens with one attached hydrogen (secondary N) is 1. The van der Waals surface area contributed by atoms with Crippen molar-refractivity contribution in [3.8, 4) is 0 Å². The third-order valence-electron chi connectivity index (χ3n) is 3.32. The predicted molar refractivity (Wildman–Crippen MR) is 66.3 cm³/mol. The van der Waals surface area contributed by atoms with Crippen LogP contribution in [0.1, 0.15) is 33.1 Å². The number of nitrogens with zero attached hydrogens (tertiary/aromatic N) is 1. The van der Waals surface area contributed by atoms with E-state index in [2.05, 4.69) is 5.32 Å². The Labute approximate surface area is 103 Å². The molecule has 98 valence electrons.